The Morgan fingerprint density at radius 2 is 0.798 bits per heavy atom. The Balaban J connectivity index is 6.97. The van der Waals surface area contributed by atoms with Crippen molar-refractivity contribution in [1.82, 2.24) is 53.2 Å². The number of guanidine groups is 1. The molecule has 0 radical (unpaired) electrons. The number of amides is 10. The summed E-state index contributed by atoms with van der Waals surface area (Å²) in [5.41, 5.74) is 16.4. The summed E-state index contributed by atoms with van der Waals surface area (Å²) in [6.45, 7) is 9.93. The lowest BCUT2D eigenvalue weighted by atomic mass is 9.96. The zero-order chi connectivity index (χ0) is 64.7. The molecule has 10 amide bonds. The summed E-state index contributed by atoms with van der Waals surface area (Å²) in [6, 6.07) is -16.6. The minimum atomic E-state index is -2.04. The molecule has 0 heterocycles. The molecular weight excluding hydrogens is 1120 g/mol. The number of nitrogens with one attached hydrogen (secondary N) is 11. The molecule has 23 N–H and O–H groups in total. The topological polar surface area (TPSA) is 583 Å². The molecule has 34 nitrogen and oxygen atoms in total. The molecule has 0 rings (SSSR count). The number of aliphatic carboxylic acids is 4. The summed E-state index contributed by atoms with van der Waals surface area (Å²) >= 11 is 0. The molecule has 0 aromatic carbocycles. The fraction of sp³-hybridized carbons (Fsp3) is 0.700. The molecule has 34 heteroatoms. The van der Waals surface area contributed by atoms with Gasteiger partial charge in [0.25, 0.3) is 0 Å². The maximum absolute atomic E-state index is 14.3. The summed E-state index contributed by atoms with van der Waals surface area (Å²) in [5, 5.41) is 88.7. The Labute approximate surface area is 484 Å². The quantitative estimate of drug-likeness (QED) is 0.0154. The number of hydrogen-bond donors (Lipinski definition) is 20. The third-order valence-electron chi connectivity index (χ3n) is 12.6. The summed E-state index contributed by atoms with van der Waals surface area (Å²) < 4.78 is 0. The first-order valence-corrected chi connectivity index (χ1v) is 27.1. The predicted molar refractivity (Wildman–Crippen MR) is 294 cm³/mol. The number of aliphatic hydroxyl groups is 2. The van der Waals surface area contributed by atoms with E-state index in [0.717, 1.165) is 6.92 Å². The van der Waals surface area contributed by atoms with E-state index in [1.807, 2.05) is 5.32 Å². The average molecular weight is 1200 g/mol. The highest BCUT2D eigenvalue weighted by molar-refractivity contribution is 5.99. The zero-order valence-electron chi connectivity index (χ0n) is 48.1. The number of hydrogen-bond acceptors (Lipinski definition) is 18. The number of carbonyl (C=O) groups is 14. The van der Waals surface area contributed by atoms with Gasteiger partial charge in [-0.15, -0.1) is 0 Å². The molecule has 0 fully saturated rings. The van der Waals surface area contributed by atoms with E-state index in [2.05, 4.69) is 47.9 Å². The van der Waals surface area contributed by atoms with Gasteiger partial charge in [0.2, 0.25) is 59.1 Å². The van der Waals surface area contributed by atoms with Gasteiger partial charge >= 0.3 is 23.9 Å². The van der Waals surface area contributed by atoms with E-state index < -0.39 is 219 Å². The van der Waals surface area contributed by atoms with Crippen LogP contribution in [0.25, 0.3) is 0 Å². The number of aliphatic hydroxyl groups excluding tert-OH is 2. The van der Waals surface area contributed by atoms with Crippen LogP contribution in [-0.4, -0.2) is 199 Å². The van der Waals surface area contributed by atoms with Crippen molar-refractivity contribution in [2.24, 2.45) is 35.0 Å². The molecule has 0 aromatic rings. The van der Waals surface area contributed by atoms with Crippen LogP contribution in [0.3, 0.4) is 0 Å². The van der Waals surface area contributed by atoms with Crippen molar-refractivity contribution in [2.45, 2.75) is 192 Å². The van der Waals surface area contributed by atoms with Gasteiger partial charge < -0.3 is 101 Å². The van der Waals surface area contributed by atoms with Crippen LogP contribution in [0.1, 0.15) is 126 Å². The van der Waals surface area contributed by atoms with Crippen LogP contribution in [0.5, 0.6) is 0 Å². The molecule has 0 spiro atoms. The maximum atomic E-state index is 14.3. The highest BCUT2D eigenvalue weighted by Crippen LogP contribution is 2.14. The Morgan fingerprint density at radius 1 is 0.464 bits per heavy atom. The van der Waals surface area contributed by atoms with E-state index >= 15 is 0 Å². The van der Waals surface area contributed by atoms with Crippen LogP contribution < -0.4 is 70.4 Å². The SMILES string of the molecule is CC[C@H](C)[C@H](NC(=O)[C@@H](N)CC(N)=O)C(=O)N[C@@H](CC(C)C)C(=O)N[C@@H](CCCNC(=N)N)C(=O)N[C@@H](CC(C)C)C(=O)N[C@@H](CCC(=O)O)C(=O)N[C@@H](CO)C(=O)N[C@@H](CCC(=O)O)C(=O)N[C@@H](CCC(=O)O)C(=O)N[C@H](C(=O)O)[C@@H](C)O. The number of carbonyl (C=O) groups excluding carboxylic acids is 10. The second-order valence-electron chi connectivity index (χ2n) is 20.9. The highest BCUT2D eigenvalue weighted by atomic mass is 16.4. The van der Waals surface area contributed by atoms with Gasteiger partial charge in [0.1, 0.15) is 48.3 Å². The minimum Gasteiger partial charge on any atom is -0.481 e. The molecule has 0 aliphatic rings. The lowest BCUT2D eigenvalue weighted by molar-refractivity contribution is -0.145. The lowest BCUT2D eigenvalue weighted by Crippen LogP contribution is -2.61. The fourth-order valence-corrected chi connectivity index (χ4v) is 7.82. The molecule has 0 aliphatic carbocycles. The van der Waals surface area contributed by atoms with Crippen LogP contribution >= 0.6 is 0 Å². The van der Waals surface area contributed by atoms with Crippen LogP contribution in [-0.2, 0) is 67.1 Å². The Morgan fingerprint density at radius 3 is 1.13 bits per heavy atom. The molecule has 0 unspecified atom stereocenters. The maximum Gasteiger partial charge on any atom is 0.328 e. The van der Waals surface area contributed by atoms with E-state index in [9.17, 15) is 97.8 Å². The van der Waals surface area contributed by atoms with Crippen LogP contribution in [0.4, 0.5) is 0 Å². The van der Waals surface area contributed by atoms with Crippen LogP contribution in [0, 0.1) is 23.2 Å². The number of nitrogens with two attached hydrogens (primary N) is 3. The van der Waals surface area contributed by atoms with Gasteiger partial charge in [-0.3, -0.25) is 67.7 Å². The van der Waals surface area contributed by atoms with Crippen molar-refractivity contribution in [2.75, 3.05) is 13.2 Å². The molecule has 84 heavy (non-hydrogen) atoms. The van der Waals surface area contributed by atoms with Gasteiger partial charge in [0.05, 0.1) is 25.2 Å². The number of carboxylic acid groups (broad SMARTS) is 4. The van der Waals surface area contributed by atoms with Crippen molar-refractivity contribution in [3.63, 3.8) is 0 Å². The first-order chi connectivity index (χ1) is 39.0. The fourth-order valence-electron chi connectivity index (χ4n) is 7.82. The van der Waals surface area contributed by atoms with E-state index in [1.165, 1.54) is 0 Å². The molecule has 12 atom stereocenters. The van der Waals surface area contributed by atoms with Gasteiger partial charge in [0.15, 0.2) is 12.0 Å². The molecular formula is C50H86N14O20. The van der Waals surface area contributed by atoms with Crippen molar-refractivity contribution in [3.05, 3.63) is 0 Å². The summed E-state index contributed by atoms with van der Waals surface area (Å²) in [5.74, 6) is -18.5. The van der Waals surface area contributed by atoms with Crippen molar-refractivity contribution in [1.29, 1.82) is 5.41 Å². The summed E-state index contributed by atoms with van der Waals surface area (Å²) in [7, 11) is 0. The molecule has 0 saturated heterocycles. The first kappa shape index (κ1) is 75.7. The third kappa shape index (κ3) is 30.2. The van der Waals surface area contributed by atoms with Crippen LogP contribution in [0.2, 0.25) is 0 Å². The summed E-state index contributed by atoms with van der Waals surface area (Å²) in [6.07, 6.45) is -6.61. The standard InChI is InChI=1S/C50H86N14O20/c1-8-24(6)38(63-40(74)26(51)20-34(52)67)48(82)61-32(19-23(4)5)46(80)56-27(10-9-17-55-50(53)54)41(75)60-31(18-22(2)3)45(79)58-29(12-15-36(70)71)43(77)62-33(21-65)47(81)59-28(11-14-35(68)69)42(76)57-30(13-16-37(72)73)44(78)64-39(25(7)66)49(83)84/h22-33,38-39,65-66H,8-21,51H2,1-7H3,(H2,52,67)(H,56,80)(H,57,76)(H,58,79)(H,59,81)(H,60,75)(H,61,82)(H,62,77)(H,63,74)(H,64,78)(H,68,69)(H,70,71)(H,72,73)(H,83,84)(H4,53,54,55)/t24-,25+,26-,27-,28-,29-,30-,31-,32-,33-,38-,39-/m0/s1. The molecule has 0 aromatic heterocycles. The molecule has 0 saturated carbocycles. The normalized spacial score (nSPS) is 15.4. The number of primary amides is 1. The Hall–Kier alpha value is -8.27. The predicted octanol–water partition coefficient (Wildman–Crippen LogP) is -5.99. The number of rotatable bonds is 42. The smallest absolute Gasteiger partial charge is 0.328 e. The van der Waals surface area contributed by atoms with E-state index in [0.29, 0.717) is 6.42 Å². The lowest BCUT2D eigenvalue weighted by Gasteiger charge is -2.29. The molecule has 0 aliphatic heterocycles. The Bertz CT molecular complexity index is 2320. The molecule has 0 bridgehead atoms. The van der Waals surface area contributed by atoms with Gasteiger partial charge in [-0.1, -0.05) is 48.0 Å². The average Bonchev–Trinajstić information content (AvgIpc) is 3.61. The van der Waals surface area contributed by atoms with Crippen molar-refractivity contribution < 1.29 is 97.8 Å². The van der Waals surface area contributed by atoms with E-state index in [-0.39, 0.29) is 38.1 Å². The third-order valence-corrected chi connectivity index (χ3v) is 12.6. The van der Waals surface area contributed by atoms with E-state index in [1.54, 1.807) is 41.5 Å². The first-order valence-electron chi connectivity index (χ1n) is 27.1. The highest BCUT2D eigenvalue weighted by Gasteiger charge is 2.37. The Kier molecular flexibility index (Phi) is 34.7. The van der Waals surface area contributed by atoms with Crippen molar-refractivity contribution in [3.8, 4) is 0 Å². The van der Waals surface area contributed by atoms with Gasteiger partial charge in [-0.05, 0) is 69.6 Å². The summed E-state index contributed by atoms with van der Waals surface area (Å²) in [4.78, 5) is 181. The largest absolute Gasteiger partial charge is 0.481 e. The minimum absolute atomic E-state index is 0.00140. The molecule has 476 valence electrons. The number of carboxylic acids is 4. The zero-order valence-corrected chi connectivity index (χ0v) is 48.1. The van der Waals surface area contributed by atoms with Gasteiger partial charge in [0, 0.05) is 25.8 Å². The monoisotopic (exact) mass is 1200 g/mol. The van der Waals surface area contributed by atoms with Crippen molar-refractivity contribution >= 4 is 88.9 Å². The second-order valence-corrected chi connectivity index (χ2v) is 20.9. The van der Waals surface area contributed by atoms with E-state index in [4.69, 9.17) is 22.6 Å². The second kappa shape index (κ2) is 38.5. The van der Waals surface area contributed by atoms with Gasteiger partial charge in [-0.2, -0.15) is 0 Å². The van der Waals surface area contributed by atoms with Gasteiger partial charge in [-0.25, -0.2) is 4.79 Å². The van der Waals surface area contributed by atoms with Crippen LogP contribution in [0.15, 0.2) is 0 Å².